The van der Waals surface area contributed by atoms with Gasteiger partial charge >= 0.3 is 0 Å². The van der Waals surface area contributed by atoms with Crippen molar-refractivity contribution in [3.05, 3.63) is 131 Å². The summed E-state index contributed by atoms with van der Waals surface area (Å²) in [5, 5.41) is 7.53. The number of furan rings is 2. The molecule has 0 amide bonds. The van der Waals surface area contributed by atoms with Gasteiger partial charge in [0.2, 0.25) is 0 Å². The first-order valence-electron chi connectivity index (χ1n) is 14.7. The van der Waals surface area contributed by atoms with Crippen molar-refractivity contribution in [1.29, 1.82) is 0 Å². The molecule has 2 aromatic heterocycles. The van der Waals surface area contributed by atoms with Gasteiger partial charge in [0.25, 0.3) is 0 Å². The van der Waals surface area contributed by atoms with Gasteiger partial charge in [-0.15, -0.1) is 0 Å². The zero-order chi connectivity index (χ0) is 29.5. The van der Waals surface area contributed by atoms with Crippen molar-refractivity contribution >= 4 is 55.5 Å². The Balaban J connectivity index is 1.53. The molecule has 5 nitrogen and oxygen atoms in total. The third kappa shape index (κ3) is 4.67. The number of rotatable bonds is 5. The summed E-state index contributed by atoms with van der Waals surface area (Å²) in [7, 11) is 1.91. The highest BCUT2D eigenvalue weighted by Crippen LogP contribution is 2.35. The lowest BCUT2D eigenvalue weighted by atomic mass is 9.93. The van der Waals surface area contributed by atoms with Crippen LogP contribution in [0.2, 0.25) is 0 Å². The van der Waals surface area contributed by atoms with Crippen molar-refractivity contribution in [3.8, 4) is 0 Å². The summed E-state index contributed by atoms with van der Waals surface area (Å²) in [5.74, 6) is 1.60. The van der Waals surface area contributed by atoms with Gasteiger partial charge in [-0.3, -0.25) is 4.99 Å². The molecule has 0 saturated carbocycles. The van der Waals surface area contributed by atoms with Crippen LogP contribution in [0.25, 0.3) is 43.9 Å². The molecule has 0 aliphatic heterocycles. The lowest BCUT2D eigenvalue weighted by Crippen LogP contribution is -2.22. The van der Waals surface area contributed by atoms with Crippen LogP contribution >= 0.6 is 0 Å². The summed E-state index contributed by atoms with van der Waals surface area (Å²) in [5.41, 5.74) is 7.62. The molecule has 1 N–H and O–H groups in total. The third-order valence-electron chi connectivity index (χ3n) is 8.16. The van der Waals surface area contributed by atoms with Gasteiger partial charge in [-0.2, -0.15) is 0 Å². The molecule has 0 radical (unpaired) electrons. The van der Waals surface area contributed by atoms with Crippen molar-refractivity contribution < 1.29 is 8.83 Å². The number of fused-ring (bicyclic) bond motifs is 6. The van der Waals surface area contributed by atoms with Crippen LogP contribution in [0.4, 0.5) is 0 Å². The summed E-state index contributed by atoms with van der Waals surface area (Å²) in [6.45, 7) is 6.58. The lowest BCUT2D eigenvalue weighted by molar-refractivity contribution is 0.514. The van der Waals surface area contributed by atoms with Crippen LogP contribution in [0.15, 0.2) is 128 Å². The van der Waals surface area contributed by atoms with Crippen LogP contribution in [0, 0.1) is 12.8 Å². The molecule has 5 aromatic carbocycles. The molecule has 0 aliphatic carbocycles. The number of amidine groups is 2. The molecule has 1 atom stereocenters. The molecule has 2 heterocycles. The lowest BCUT2D eigenvalue weighted by Gasteiger charge is -2.21. The fraction of sp³-hybridized carbons (Fsp3) is 0.158. The quantitative estimate of drug-likeness (QED) is 0.168. The monoisotopic (exact) mass is 563 g/mol. The van der Waals surface area contributed by atoms with Crippen LogP contribution in [0.5, 0.6) is 0 Å². The van der Waals surface area contributed by atoms with Gasteiger partial charge < -0.3 is 14.2 Å². The largest absolute Gasteiger partial charge is 0.456 e. The Labute approximate surface area is 250 Å². The molecule has 43 heavy (non-hydrogen) atoms. The molecule has 0 fully saturated rings. The van der Waals surface area contributed by atoms with E-state index in [0.717, 1.165) is 55.0 Å². The molecule has 7 rings (SSSR count). The van der Waals surface area contributed by atoms with Crippen LogP contribution in [-0.2, 0) is 0 Å². The van der Waals surface area contributed by atoms with E-state index >= 15 is 0 Å². The van der Waals surface area contributed by atoms with Gasteiger partial charge in [-0.25, -0.2) is 4.99 Å². The minimum absolute atomic E-state index is 0.1000. The average molecular weight is 564 g/mol. The molecule has 212 valence electrons. The van der Waals surface area contributed by atoms with Crippen molar-refractivity contribution in [3.63, 3.8) is 0 Å². The third-order valence-corrected chi connectivity index (χ3v) is 8.16. The number of nitrogens with one attached hydrogen (secondary N) is 1. The van der Waals surface area contributed by atoms with Crippen LogP contribution in [0.1, 0.15) is 42.1 Å². The molecule has 0 spiro atoms. The maximum absolute atomic E-state index is 6.28. The van der Waals surface area contributed by atoms with Crippen molar-refractivity contribution in [2.75, 3.05) is 7.05 Å². The molecule has 0 saturated heterocycles. The molecule has 7 aromatic rings. The first-order valence-corrected chi connectivity index (χ1v) is 14.7. The molecular weight excluding hydrogens is 530 g/mol. The highest BCUT2D eigenvalue weighted by molar-refractivity contribution is 6.24. The number of aliphatic imine (C=N–C) groups is 2. The van der Waals surface area contributed by atoms with Gasteiger partial charge in [0, 0.05) is 39.7 Å². The van der Waals surface area contributed by atoms with E-state index in [9.17, 15) is 0 Å². The minimum Gasteiger partial charge on any atom is -0.456 e. The molecular formula is C38H33N3O2. The zero-order valence-corrected chi connectivity index (χ0v) is 24.8. The predicted octanol–water partition coefficient (Wildman–Crippen LogP) is 9.60. The summed E-state index contributed by atoms with van der Waals surface area (Å²) < 4.78 is 12.5. The van der Waals surface area contributed by atoms with E-state index in [4.69, 9.17) is 18.8 Å². The van der Waals surface area contributed by atoms with E-state index in [-0.39, 0.29) is 12.0 Å². The molecule has 0 bridgehead atoms. The minimum atomic E-state index is -0.1000. The Hall–Kier alpha value is -5.16. The summed E-state index contributed by atoms with van der Waals surface area (Å²) in [6, 6.07) is 36.9. The Morgan fingerprint density at radius 1 is 0.628 bits per heavy atom. The molecule has 0 aliphatic rings. The first kappa shape index (κ1) is 26.7. The normalized spacial score (nSPS) is 13.5. The van der Waals surface area contributed by atoms with Gasteiger partial charge in [0.15, 0.2) is 5.84 Å². The van der Waals surface area contributed by atoms with E-state index < -0.39 is 0 Å². The number of hydrogen-bond donors (Lipinski definition) is 1. The SMILES string of the molecule is CN/C(=N\C(=NC(c1ccccc1C)C(C)C)c1cccc2oc3ccccc3c12)c1cccc2oc3ccccc3c12. The second-order valence-electron chi connectivity index (χ2n) is 11.3. The van der Waals surface area contributed by atoms with Crippen LogP contribution in [0.3, 0.4) is 0 Å². The standard InChI is InChI=1S/C38H33N3O2/c1-23(2)36(25-14-6-5-13-24(25)3)40-38(29-18-12-22-33-35(29)27-16-8-10-20-31(27)43-33)41-37(39-4)28-17-11-21-32-34(28)26-15-7-9-19-30(26)42-32/h5-23,36H,1-4H3,(H,39,40,41). The van der Waals surface area contributed by atoms with Crippen molar-refractivity contribution in [2.45, 2.75) is 26.8 Å². The maximum atomic E-state index is 6.28. The highest BCUT2D eigenvalue weighted by atomic mass is 16.3. The summed E-state index contributed by atoms with van der Waals surface area (Å²) in [4.78, 5) is 10.8. The van der Waals surface area contributed by atoms with Gasteiger partial charge in [0.05, 0.1) is 6.04 Å². The van der Waals surface area contributed by atoms with Crippen molar-refractivity contribution in [1.82, 2.24) is 5.32 Å². The number of para-hydroxylation sites is 2. The van der Waals surface area contributed by atoms with E-state index in [1.165, 1.54) is 11.1 Å². The Kier molecular flexibility index (Phi) is 6.78. The Morgan fingerprint density at radius 2 is 1.16 bits per heavy atom. The van der Waals surface area contributed by atoms with Gasteiger partial charge in [-0.05, 0) is 48.2 Å². The second-order valence-corrected chi connectivity index (χ2v) is 11.3. The topological polar surface area (TPSA) is 63.0 Å². The zero-order valence-electron chi connectivity index (χ0n) is 24.8. The fourth-order valence-electron chi connectivity index (χ4n) is 6.08. The van der Waals surface area contributed by atoms with Gasteiger partial charge in [-0.1, -0.05) is 98.8 Å². The van der Waals surface area contributed by atoms with Crippen molar-refractivity contribution in [2.24, 2.45) is 15.9 Å². The second kappa shape index (κ2) is 10.9. The molecule has 1 unspecified atom stereocenters. The van der Waals surface area contributed by atoms with E-state index in [1.807, 2.05) is 67.7 Å². The van der Waals surface area contributed by atoms with Crippen LogP contribution in [-0.4, -0.2) is 18.7 Å². The average Bonchev–Trinajstić information content (AvgIpc) is 3.60. The number of hydrogen-bond acceptors (Lipinski definition) is 3. The van der Waals surface area contributed by atoms with Gasteiger partial charge in [0.1, 0.15) is 28.2 Å². The first-order chi connectivity index (χ1) is 21.0. The van der Waals surface area contributed by atoms with Crippen LogP contribution < -0.4 is 5.32 Å². The van der Waals surface area contributed by atoms with E-state index in [0.29, 0.717) is 11.7 Å². The summed E-state index contributed by atoms with van der Waals surface area (Å²) in [6.07, 6.45) is 0. The number of benzene rings is 5. The Bertz CT molecular complexity index is 2180. The number of aryl methyl sites for hydroxylation is 1. The smallest absolute Gasteiger partial charge is 0.158 e. The number of nitrogens with zero attached hydrogens (tertiary/aromatic N) is 2. The Morgan fingerprint density at radius 3 is 1.77 bits per heavy atom. The summed E-state index contributed by atoms with van der Waals surface area (Å²) >= 11 is 0. The van der Waals surface area contributed by atoms with E-state index in [1.54, 1.807) is 0 Å². The maximum Gasteiger partial charge on any atom is 0.158 e. The molecule has 5 heteroatoms. The predicted molar refractivity (Wildman–Crippen MR) is 178 cm³/mol. The fourth-order valence-corrected chi connectivity index (χ4v) is 6.08. The van der Waals surface area contributed by atoms with E-state index in [2.05, 4.69) is 74.6 Å². The highest BCUT2D eigenvalue weighted by Gasteiger charge is 2.22.